The van der Waals surface area contributed by atoms with Gasteiger partial charge in [0.05, 0.1) is 5.75 Å². The molecule has 1 N–H and O–H groups in total. The van der Waals surface area contributed by atoms with Gasteiger partial charge in [-0.05, 0) is 32.2 Å². The van der Waals surface area contributed by atoms with Crippen molar-refractivity contribution in [2.75, 3.05) is 25.1 Å². The Kier molecular flexibility index (Phi) is 4.62. The average molecular weight is 217 g/mol. The van der Waals surface area contributed by atoms with Gasteiger partial charge in [0.15, 0.2) is 0 Å². The molecule has 0 unspecified atom stereocenters. The summed E-state index contributed by atoms with van der Waals surface area (Å²) in [5.41, 5.74) is 1.52. The zero-order valence-corrected chi connectivity index (χ0v) is 9.57. The van der Waals surface area contributed by atoms with E-state index >= 15 is 0 Å². The molecule has 0 heterocycles. The molecule has 0 aromatic carbocycles. The van der Waals surface area contributed by atoms with Gasteiger partial charge in [0.25, 0.3) is 0 Å². The lowest BCUT2D eigenvalue weighted by atomic mass is 10.2. The molecule has 3 nitrogen and oxygen atoms in total. The Morgan fingerprint density at radius 1 is 1.43 bits per heavy atom. The zero-order chi connectivity index (χ0) is 10.4. The maximum Gasteiger partial charge on any atom is 0.148 e. The van der Waals surface area contributed by atoms with Gasteiger partial charge in [0.1, 0.15) is 9.84 Å². The topological polar surface area (TPSA) is 46.2 Å². The molecule has 82 valence electrons. The highest BCUT2D eigenvalue weighted by Gasteiger charge is 2.04. The fraction of sp³-hybridized carbons (Fsp3) is 0.800. The van der Waals surface area contributed by atoms with Crippen LogP contribution in [0.5, 0.6) is 0 Å². The number of rotatable bonds is 6. The van der Waals surface area contributed by atoms with Crippen molar-refractivity contribution >= 4 is 9.84 Å². The molecule has 0 aromatic rings. The van der Waals surface area contributed by atoms with Crippen LogP contribution < -0.4 is 5.32 Å². The maximum atomic E-state index is 10.8. The van der Waals surface area contributed by atoms with Crippen molar-refractivity contribution in [3.63, 3.8) is 0 Å². The van der Waals surface area contributed by atoms with Gasteiger partial charge in [0, 0.05) is 12.8 Å². The summed E-state index contributed by atoms with van der Waals surface area (Å²) < 4.78 is 21.6. The monoisotopic (exact) mass is 217 g/mol. The Hall–Kier alpha value is -0.350. The number of nitrogens with one attached hydrogen (secondary N) is 1. The summed E-state index contributed by atoms with van der Waals surface area (Å²) in [6.45, 7) is 1.48. The number of sulfone groups is 1. The average Bonchev–Trinajstić information content (AvgIpc) is 2.54. The molecule has 14 heavy (non-hydrogen) atoms. The number of hydrogen-bond donors (Lipinski definition) is 1. The molecule has 4 heteroatoms. The van der Waals surface area contributed by atoms with Gasteiger partial charge >= 0.3 is 0 Å². The maximum absolute atomic E-state index is 10.8. The molecule has 0 saturated carbocycles. The van der Waals surface area contributed by atoms with Crippen molar-refractivity contribution in [1.29, 1.82) is 0 Å². The summed E-state index contributed by atoms with van der Waals surface area (Å²) in [6.07, 6.45) is 8.39. The molecule has 0 aromatic heterocycles. The second kappa shape index (κ2) is 5.51. The second-order valence-corrected chi connectivity index (χ2v) is 6.14. The molecule has 0 radical (unpaired) electrons. The Morgan fingerprint density at radius 3 is 2.79 bits per heavy atom. The van der Waals surface area contributed by atoms with Crippen molar-refractivity contribution in [3.8, 4) is 0 Å². The van der Waals surface area contributed by atoms with Crippen LogP contribution in [0.4, 0.5) is 0 Å². The highest BCUT2D eigenvalue weighted by molar-refractivity contribution is 7.90. The zero-order valence-electron chi connectivity index (χ0n) is 8.75. The largest absolute Gasteiger partial charge is 0.315 e. The summed E-state index contributed by atoms with van der Waals surface area (Å²) in [7, 11) is -2.80. The lowest BCUT2D eigenvalue weighted by Gasteiger charge is -2.04. The molecular weight excluding hydrogens is 198 g/mol. The summed E-state index contributed by atoms with van der Waals surface area (Å²) in [6, 6.07) is 0. The van der Waals surface area contributed by atoms with Gasteiger partial charge in [-0.2, -0.15) is 0 Å². The fourth-order valence-corrected chi connectivity index (χ4v) is 2.11. The van der Waals surface area contributed by atoms with Gasteiger partial charge in [-0.1, -0.05) is 11.6 Å². The van der Waals surface area contributed by atoms with Gasteiger partial charge in [-0.15, -0.1) is 0 Å². The van der Waals surface area contributed by atoms with Crippen LogP contribution in [0.1, 0.15) is 25.7 Å². The van der Waals surface area contributed by atoms with Crippen molar-refractivity contribution < 1.29 is 8.42 Å². The quantitative estimate of drug-likeness (QED) is 0.536. The van der Waals surface area contributed by atoms with Crippen molar-refractivity contribution in [1.82, 2.24) is 5.32 Å². The van der Waals surface area contributed by atoms with E-state index in [1.54, 1.807) is 0 Å². The van der Waals surface area contributed by atoms with E-state index in [2.05, 4.69) is 11.4 Å². The first-order valence-corrected chi connectivity index (χ1v) is 7.20. The van der Waals surface area contributed by atoms with Crippen LogP contribution in [0, 0.1) is 0 Å². The highest BCUT2D eigenvalue weighted by Crippen LogP contribution is 2.19. The van der Waals surface area contributed by atoms with Crippen LogP contribution in [0.2, 0.25) is 0 Å². The predicted molar refractivity (Wildman–Crippen MR) is 59.1 cm³/mol. The van der Waals surface area contributed by atoms with E-state index in [0.717, 1.165) is 13.0 Å². The van der Waals surface area contributed by atoms with Gasteiger partial charge in [-0.3, -0.25) is 0 Å². The molecule has 0 spiro atoms. The van der Waals surface area contributed by atoms with Crippen LogP contribution in [0.15, 0.2) is 11.6 Å². The van der Waals surface area contributed by atoms with Crippen molar-refractivity contribution in [2.24, 2.45) is 0 Å². The second-order valence-electron chi connectivity index (χ2n) is 3.88. The normalized spacial score (nSPS) is 17.1. The first kappa shape index (κ1) is 11.7. The minimum absolute atomic E-state index is 0.242. The minimum Gasteiger partial charge on any atom is -0.315 e. The van der Waals surface area contributed by atoms with E-state index < -0.39 is 9.84 Å². The van der Waals surface area contributed by atoms with Gasteiger partial charge in [-0.25, -0.2) is 8.42 Å². The van der Waals surface area contributed by atoms with Crippen LogP contribution in [0.25, 0.3) is 0 Å². The van der Waals surface area contributed by atoms with Crippen LogP contribution in [-0.2, 0) is 9.84 Å². The van der Waals surface area contributed by atoms with Gasteiger partial charge < -0.3 is 5.32 Å². The van der Waals surface area contributed by atoms with Gasteiger partial charge in [0.2, 0.25) is 0 Å². The lowest BCUT2D eigenvalue weighted by Crippen LogP contribution is -2.23. The van der Waals surface area contributed by atoms with E-state index in [9.17, 15) is 8.42 Å². The molecule has 1 rings (SSSR count). The third-order valence-corrected chi connectivity index (χ3v) is 3.35. The molecule has 0 aliphatic heterocycles. The van der Waals surface area contributed by atoms with E-state index in [4.69, 9.17) is 0 Å². The Bertz CT molecular complexity index is 293. The Labute approximate surface area is 86.5 Å². The van der Waals surface area contributed by atoms with E-state index in [1.807, 2.05) is 0 Å². The molecule has 1 aliphatic carbocycles. The van der Waals surface area contributed by atoms with Crippen LogP contribution >= 0.6 is 0 Å². The molecule has 0 bridgehead atoms. The summed E-state index contributed by atoms with van der Waals surface area (Å²) in [5.74, 6) is 0.242. The molecule has 0 saturated heterocycles. The van der Waals surface area contributed by atoms with E-state index in [-0.39, 0.29) is 5.75 Å². The Morgan fingerprint density at radius 2 is 2.21 bits per heavy atom. The van der Waals surface area contributed by atoms with E-state index in [0.29, 0.717) is 6.54 Å². The van der Waals surface area contributed by atoms with Crippen molar-refractivity contribution in [2.45, 2.75) is 25.7 Å². The molecule has 0 fully saturated rings. The summed E-state index contributed by atoms with van der Waals surface area (Å²) in [5, 5.41) is 3.15. The first-order chi connectivity index (χ1) is 6.58. The third-order valence-electron chi connectivity index (χ3n) is 2.41. The fourth-order valence-electron chi connectivity index (χ4n) is 1.60. The number of hydrogen-bond acceptors (Lipinski definition) is 3. The van der Waals surface area contributed by atoms with Crippen molar-refractivity contribution in [3.05, 3.63) is 11.6 Å². The molecule has 1 aliphatic rings. The SMILES string of the molecule is CS(=O)(=O)CCNCCC1=CCCC1. The standard InChI is InChI=1S/C10H19NO2S/c1-14(12,13)9-8-11-7-6-10-4-2-3-5-10/h4,11H,2-3,5-9H2,1H3. The smallest absolute Gasteiger partial charge is 0.148 e. The third kappa shape index (κ3) is 5.40. The summed E-state index contributed by atoms with van der Waals surface area (Å²) in [4.78, 5) is 0. The minimum atomic E-state index is -2.80. The Balaban J connectivity index is 1.99. The van der Waals surface area contributed by atoms with Crippen LogP contribution in [-0.4, -0.2) is 33.5 Å². The molecule has 0 amide bonds. The highest BCUT2D eigenvalue weighted by atomic mass is 32.2. The van der Waals surface area contributed by atoms with Crippen LogP contribution in [0.3, 0.4) is 0 Å². The predicted octanol–water partition coefficient (Wildman–Crippen LogP) is 1.12. The van der Waals surface area contributed by atoms with E-state index in [1.165, 1.54) is 31.1 Å². The first-order valence-electron chi connectivity index (χ1n) is 5.14. The lowest BCUT2D eigenvalue weighted by molar-refractivity contribution is 0.596. The molecule has 0 atom stereocenters. The number of allylic oxidation sites excluding steroid dienone is 1. The molecular formula is C10H19NO2S. The summed E-state index contributed by atoms with van der Waals surface area (Å²) >= 11 is 0.